The highest BCUT2D eigenvalue weighted by atomic mass is 32.2. The molecule has 0 saturated carbocycles. The smallest absolute Gasteiger partial charge is 0.336 e. The van der Waals surface area contributed by atoms with Gasteiger partial charge in [0, 0.05) is 6.54 Å². The molecule has 3 aliphatic rings. The Morgan fingerprint density at radius 1 is 0.562 bits per heavy atom. The molecule has 3 amide bonds. The van der Waals surface area contributed by atoms with Crippen LogP contribution in [0.4, 0.5) is 0 Å². The van der Waals surface area contributed by atoms with Crippen molar-refractivity contribution < 1.29 is 104 Å². The zero-order valence-electron chi connectivity index (χ0n) is 34.6. The zero-order chi connectivity index (χ0) is 47.8. The first kappa shape index (κ1) is 56.4. The molecule has 17 atom stereocenters. The van der Waals surface area contributed by atoms with Gasteiger partial charge in [-0.15, -0.1) is 35.3 Å². The first-order chi connectivity index (χ1) is 30.3. The van der Waals surface area contributed by atoms with Crippen molar-refractivity contribution >= 4 is 64.9 Å². The van der Waals surface area contributed by atoms with E-state index in [1.54, 1.807) is 0 Å². The highest BCUT2D eigenvalue weighted by molar-refractivity contribution is 8.01. The van der Waals surface area contributed by atoms with Gasteiger partial charge < -0.3 is 97.0 Å². The normalized spacial score (nSPS) is 34.1. The largest absolute Gasteiger partial charge is 0.394 e. The van der Waals surface area contributed by atoms with Gasteiger partial charge in [0.25, 0.3) is 0 Å². The molecule has 64 heavy (non-hydrogen) atoms. The minimum absolute atomic E-state index is 0.0343. The fraction of sp³-hybridized carbons (Fsp3) is 0.861. The number of aliphatic hydroxyl groups is 12. The zero-order valence-corrected chi connectivity index (χ0v) is 37.0. The van der Waals surface area contributed by atoms with E-state index in [4.69, 9.17) is 30.4 Å². The van der Waals surface area contributed by atoms with Gasteiger partial charge in [-0.25, -0.2) is 9.59 Å². The van der Waals surface area contributed by atoms with Crippen molar-refractivity contribution in [3.05, 3.63) is 0 Å². The lowest BCUT2D eigenvalue weighted by Crippen LogP contribution is -2.58. The molecule has 25 nitrogen and oxygen atoms in total. The topological polar surface area (TPSA) is 432 Å². The van der Waals surface area contributed by atoms with E-state index in [0.29, 0.717) is 54.7 Å². The summed E-state index contributed by atoms with van der Waals surface area (Å²) in [5.41, 5.74) is 7.39. The van der Waals surface area contributed by atoms with E-state index in [9.17, 15) is 85.3 Å². The van der Waals surface area contributed by atoms with Crippen molar-refractivity contribution in [3.63, 3.8) is 0 Å². The first-order valence-corrected chi connectivity index (χ1v) is 23.6. The molecule has 370 valence electrons. The molecule has 0 radical (unpaired) electrons. The van der Waals surface area contributed by atoms with E-state index >= 15 is 0 Å². The Kier molecular flexibility index (Phi) is 24.5. The third-order valence-electron chi connectivity index (χ3n) is 10.5. The van der Waals surface area contributed by atoms with Crippen LogP contribution in [0.2, 0.25) is 0 Å². The summed E-state index contributed by atoms with van der Waals surface area (Å²) in [4.78, 5) is 67.2. The molecule has 0 aromatic heterocycles. The number of imide groups is 1. The Balaban J connectivity index is 1.74. The number of amides is 3. The summed E-state index contributed by atoms with van der Waals surface area (Å²) in [5, 5.41) is 123. The van der Waals surface area contributed by atoms with E-state index in [2.05, 4.69) is 5.32 Å². The standard InChI is InChI=1S/C36H62N4O21S3/c37-7-3-1-5-15(38)32(56)61-33(57)16(39-20(44)12-62-34-29(53)26(50)23(47)17(9-41)58-34)6-2-4-8-40(21(45)13-63-35-30(54)27(51)24(48)18(10-42)59-35)22(46)14-64-36-31(55)28(52)25(49)19(11-43)60-36/h15-19,23-31,34-36,41-43,47-55H,1-14,37-38H2,(H,39,44)/t15-,16-,17+,18+,19+,23+,24+,25+,26-,27-,28-,29-,30-,31-,34+,35+,36+/m0/s1. The number of carbonyl (C=O) groups is 5. The predicted octanol–water partition coefficient (Wildman–Crippen LogP) is -7.88. The van der Waals surface area contributed by atoms with Crippen LogP contribution in [0.25, 0.3) is 0 Å². The van der Waals surface area contributed by atoms with E-state index < -0.39 is 168 Å². The van der Waals surface area contributed by atoms with Gasteiger partial charge in [0.1, 0.15) is 102 Å². The van der Waals surface area contributed by atoms with Gasteiger partial charge in [0.15, 0.2) is 0 Å². The average molecular weight is 983 g/mol. The number of ether oxygens (including phenoxy) is 4. The minimum Gasteiger partial charge on any atom is -0.394 e. The van der Waals surface area contributed by atoms with Crippen LogP contribution in [-0.4, -0.2) is 248 Å². The Morgan fingerprint density at radius 2 is 0.969 bits per heavy atom. The molecule has 0 aliphatic carbocycles. The maximum absolute atomic E-state index is 13.6. The van der Waals surface area contributed by atoms with Gasteiger partial charge in [-0.3, -0.25) is 19.3 Å². The summed E-state index contributed by atoms with van der Waals surface area (Å²) in [5.74, 6) is -6.52. The second-order valence-corrected chi connectivity index (χ2v) is 18.5. The molecule has 17 N–H and O–H groups in total. The third kappa shape index (κ3) is 15.9. The summed E-state index contributed by atoms with van der Waals surface area (Å²) in [6.07, 6.45) is -18.3. The molecule has 3 fully saturated rings. The number of unbranched alkanes of at least 4 members (excludes halogenated alkanes) is 2. The van der Waals surface area contributed by atoms with Crippen LogP contribution in [0.1, 0.15) is 38.5 Å². The SMILES string of the molecule is NCCCC[C@H](N)C(=O)OC(=O)[C@H](CCCCN(C(=O)CS[C@H]1O[C@H](CO)[C@@H](O)[C@H](O)[C@@H]1O)C(=O)CS[C@H]1O[C@H](CO)[C@@H](O)[C@H](O)[C@@H]1O)NC(=O)CS[C@H]1O[C@H](CO)[C@@H](O)[C@H](O)[C@@H]1O. The molecular weight excluding hydrogens is 921 g/mol. The summed E-state index contributed by atoms with van der Waals surface area (Å²) in [6.45, 7) is -2.21. The number of hydrogen-bond donors (Lipinski definition) is 15. The Labute approximate surface area is 380 Å². The summed E-state index contributed by atoms with van der Waals surface area (Å²) in [6, 6.07) is -2.73. The molecule has 3 rings (SSSR count). The number of hydrogen-bond acceptors (Lipinski definition) is 26. The lowest BCUT2D eigenvalue weighted by atomic mass is 10.0. The number of nitrogens with two attached hydrogens (primary N) is 2. The van der Waals surface area contributed by atoms with Gasteiger partial charge in [-0.1, -0.05) is 6.42 Å². The van der Waals surface area contributed by atoms with Crippen LogP contribution < -0.4 is 16.8 Å². The van der Waals surface area contributed by atoms with E-state index in [-0.39, 0.29) is 32.2 Å². The summed E-state index contributed by atoms with van der Waals surface area (Å²) < 4.78 is 21.3. The quantitative estimate of drug-likeness (QED) is 0.0243. The van der Waals surface area contributed by atoms with Crippen LogP contribution >= 0.6 is 35.3 Å². The molecule has 28 heteroatoms. The molecule has 0 unspecified atom stereocenters. The van der Waals surface area contributed by atoms with Crippen molar-refractivity contribution in [2.45, 2.75) is 140 Å². The number of aliphatic hydroxyl groups excluding tert-OH is 12. The van der Waals surface area contributed by atoms with Gasteiger partial charge >= 0.3 is 11.9 Å². The highest BCUT2D eigenvalue weighted by Gasteiger charge is 2.46. The lowest BCUT2D eigenvalue weighted by molar-refractivity contribution is -0.205. The first-order valence-electron chi connectivity index (χ1n) is 20.4. The summed E-state index contributed by atoms with van der Waals surface area (Å²) >= 11 is 1.94. The molecule has 3 saturated heterocycles. The van der Waals surface area contributed by atoms with Crippen molar-refractivity contribution in [3.8, 4) is 0 Å². The molecule has 3 heterocycles. The van der Waals surface area contributed by atoms with Crippen LogP contribution in [0.5, 0.6) is 0 Å². The Hall–Kier alpha value is -1.88. The highest BCUT2D eigenvalue weighted by Crippen LogP contribution is 2.31. The van der Waals surface area contributed by atoms with Gasteiger partial charge in [-0.2, -0.15) is 0 Å². The fourth-order valence-electron chi connectivity index (χ4n) is 6.60. The monoisotopic (exact) mass is 982 g/mol. The number of nitrogens with one attached hydrogen (secondary N) is 1. The number of rotatable bonds is 24. The van der Waals surface area contributed by atoms with Gasteiger partial charge in [-0.05, 0) is 38.6 Å². The average Bonchev–Trinajstić information content (AvgIpc) is 3.27. The van der Waals surface area contributed by atoms with Crippen molar-refractivity contribution in [2.24, 2.45) is 11.5 Å². The molecule has 0 aromatic rings. The maximum atomic E-state index is 13.6. The van der Waals surface area contributed by atoms with Crippen LogP contribution in [0.15, 0.2) is 0 Å². The van der Waals surface area contributed by atoms with E-state index in [1.807, 2.05) is 0 Å². The van der Waals surface area contributed by atoms with Crippen LogP contribution in [-0.2, 0) is 42.9 Å². The number of thioether (sulfide) groups is 3. The fourth-order valence-corrected chi connectivity index (χ4v) is 9.66. The predicted molar refractivity (Wildman–Crippen MR) is 223 cm³/mol. The van der Waals surface area contributed by atoms with Crippen LogP contribution in [0, 0.1) is 0 Å². The summed E-state index contributed by atoms with van der Waals surface area (Å²) in [7, 11) is 0. The second-order valence-electron chi connectivity index (χ2n) is 15.2. The Morgan fingerprint density at radius 3 is 1.38 bits per heavy atom. The van der Waals surface area contributed by atoms with Crippen molar-refractivity contribution in [1.82, 2.24) is 10.2 Å². The van der Waals surface area contributed by atoms with Gasteiger partial charge in [0.05, 0.1) is 37.1 Å². The minimum atomic E-state index is -1.75. The van der Waals surface area contributed by atoms with E-state index in [1.165, 1.54) is 0 Å². The number of nitrogens with zero attached hydrogens (tertiary/aromatic N) is 1. The molecule has 3 aliphatic heterocycles. The molecule has 0 spiro atoms. The van der Waals surface area contributed by atoms with E-state index in [0.717, 1.165) is 4.90 Å². The molecule has 0 bridgehead atoms. The number of esters is 2. The number of carbonyl (C=O) groups excluding carboxylic acids is 5. The van der Waals surface area contributed by atoms with Crippen molar-refractivity contribution in [2.75, 3.05) is 50.2 Å². The van der Waals surface area contributed by atoms with Crippen molar-refractivity contribution in [1.29, 1.82) is 0 Å². The Bertz CT molecular complexity index is 1440. The van der Waals surface area contributed by atoms with Crippen LogP contribution in [0.3, 0.4) is 0 Å². The second kappa shape index (κ2) is 27.8. The maximum Gasteiger partial charge on any atom is 0.336 e. The lowest BCUT2D eigenvalue weighted by Gasteiger charge is -2.40. The molecule has 0 aromatic carbocycles. The third-order valence-corrected chi connectivity index (χ3v) is 13.9. The molecular formula is C36H62N4O21S3. The van der Waals surface area contributed by atoms with Gasteiger partial charge in [0.2, 0.25) is 17.7 Å².